The first kappa shape index (κ1) is 23.2. The number of nitrogens with zero attached hydrogens (tertiary/aromatic N) is 4. The first-order chi connectivity index (χ1) is 15.3. The first-order valence-electron chi connectivity index (χ1n) is 11.8. The second-order valence-corrected chi connectivity index (χ2v) is 10.2. The molecule has 2 fully saturated rings. The van der Waals surface area contributed by atoms with Crippen LogP contribution >= 0.6 is 11.6 Å². The molecule has 0 spiro atoms. The maximum atomic E-state index is 12.7. The molecule has 7 nitrogen and oxygen atoms in total. The molecular weight excluding hydrogens is 428 g/mol. The summed E-state index contributed by atoms with van der Waals surface area (Å²) in [6, 6.07) is 3.96. The number of likely N-dealkylation sites (tertiary alicyclic amines) is 2. The van der Waals surface area contributed by atoms with Gasteiger partial charge in [-0.15, -0.1) is 0 Å². The van der Waals surface area contributed by atoms with Crippen LogP contribution in [0.25, 0.3) is 11.0 Å². The van der Waals surface area contributed by atoms with Crippen LogP contribution in [0.3, 0.4) is 0 Å². The van der Waals surface area contributed by atoms with Gasteiger partial charge >= 0.3 is 6.09 Å². The van der Waals surface area contributed by atoms with E-state index >= 15 is 0 Å². The highest BCUT2D eigenvalue weighted by Crippen LogP contribution is 2.35. The van der Waals surface area contributed by atoms with Gasteiger partial charge in [0, 0.05) is 19.6 Å². The smallest absolute Gasteiger partial charge is 0.410 e. The highest BCUT2D eigenvalue weighted by atomic mass is 35.5. The number of aromatic nitrogens is 2. The fourth-order valence-electron chi connectivity index (χ4n) is 4.59. The molecule has 1 aromatic heterocycles. The Morgan fingerprint density at radius 3 is 2.66 bits per heavy atom. The number of halogens is 1. The van der Waals surface area contributed by atoms with Gasteiger partial charge in [-0.1, -0.05) is 11.6 Å². The standard InChI is InChI=1S/C24H35ClN4O3/c1-24(2,3)32-23(30)28-13-5-4-8-18(16-28)29-17-26-19-9-10-20(21(25)22(19)29)31-15-14-27-11-6-7-12-27/h9-10,17-18H,4-8,11-16H2,1-3H3/t18-/m1/s1. The van der Waals surface area contributed by atoms with E-state index in [1.807, 2.05) is 44.1 Å². The Hall–Kier alpha value is -1.99. The summed E-state index contributed by atoms with van der Waals surface area (Å²) in [5, 5.41) is 0.592. The van der Waals surface area contributed by atoms with E-state index in [4.69, 9.17) is 21.1 Å². The number of rotatable bonds is 5. The highest BCUT2D eigenvalue weighted by Gasteiger charge is 2.28. The SMILES string of the molecule is CC(C)(C)OC(=O)N1CCCC[C@@H](n2cnc3ccc(OCCN4CCCC4)c(Cl)c32)C1. The van der Waals surface area contributed by atoms with Crippen molar-refractivity contribution < 1.29 is 14.3 Å². The summed E-state index contributed by atoms with van der Waals surface area (Å²) in [6.07, 6.45) is 7.08. The minimum atomic E-state index is -0.509. The molecule has 0 saturated carbocycles. The average Bonchev–Trinajstić information content (AvgIpc) is 3.33. The minimum absolute atomic E-state index is 0.0902. The maximum Gasteiger partial charge on any atom is 0.410 e. The normalized spacial score (nSPS) is 20.5. The van der Waals surface area contributed by atoms with Crippen LogP contribution in [-0.4, -0.2) is 70.4 Å². The molecule has 4 rings (SSSR count). The molecule has 2 aliphatic heterocycles. The molecule has 0 N–H and O–H groups in total. The van der Waals surface area contributed by atoms with Crippen LogP contribution < -0.4 is 4.74 Å². The van der Waals surface area contributed by atoms with E-state index in [0.29, 0.717) is 30.5 Å². The number of carbonyl (C=O) groups excluding carboxylic acids is 1. The zero-order valence-corrected chi connectivity index (χ0v) is 20.2. The number of ether oxygens (including phenoxy) is 2. The van der Waals surface area contributed by atoms with Crippen molar-refractivity contribution in [2.45, 2.75) is 64.5 Å². The average molecular weight is 463 g/mol. The Kier molecular flexibility index (Phi) is 7.15. The molecule has 8 heteroatoms. The molecule has 0 bridgehead atoms. The molecular formula is C24H35ClN4O3. The lowest BCUT2D eigenvalue weighted by Gasteiger charge is -2.29. The van der Waals surface area contributed by atoms with Gasteiger partial charge in [0.15, 0.2) is 0 Å². The lowest BCUT2D eigenvalue weighted by molar-refractivity contribution is 0.0238. The van der Waals surface area contributed by atoms with Crippen molar-refractivity contribution in [2.24, 2.45) is 0 Å². The van der Waals surface area contributed by atoms with Crippen LogP contribution in [-0.2, 0) is 4.74 Å². The summed E-state index contributed by atoms with van der Waals surface area (Å²) in [6.45, 7) is 10.8. The largest absolute Gasteiger partial charge is 0.491 e. The van der Waals surface area contributed by atoms with Crippen LogP contribution in [0.5, 0.6) is 5.75 Å². The first-order valence-corrected chi connectivity index (χ1v) is 12.2. The van der Waals surface area contributed by atoms with Gasteiger partial charge < -0.3 is 18.9 Å². The van der Waals surface area contributed by atoms with Gasteiger partial charge in [-0.25, -0.2) is 9.78 Å². The molecule has 2 aliphatic rings. The second-order valence-electron chi connectivity index (χ2n) is 9.87. The van der Waals surface area contributed by atoms with Gasteiger partial charge in [-0.05, 0) is 78.1 Å². The fraction of sp³-hybridized carbons (Fsp3) is 0.667. The lowest BCUT2D eigenvalue weighted by atomic mass is 10.1. The Bertz CT molecular complexity index is 933. The predicted octanol–water partition coefficient (Wildman–Crippen LogP) is 5.13. The van der Waals surface area contributed by atoms with Crippen LogP contribution in [0.4, 0.5) is 4.79 Å². The Morgan fingerprint density at radius 2 is 1.91 bits per heavy atom. The van der Waals surface area contributed by atoms with Gasteiger partial charge in [0.25, 0.3) is 0 Å². The van der Waals surface area contributed by atoms with Gasteiger partial charge in [-0.3, -0.25) is 4.90 Å². The van der Waals surface area contributed by atoms with Gasteiger partial charge in [0.2, 0.25) is 0 Å². The maximum absolute atomic E-state index is 12.7. The Balaban J connectivity index is 1.51. The summed E-state index contributed by atoms with van der Waals surface area (Å²) in [7, 11) is 0. The number of amides is 1. The molecule has 0 unspecified atom stereocenters. The molecule has 1 aromatic carbocycles. The number of hydrogen-bond donors (Lipinski definition) is 0. The quantitative estimate of drug-likeness (QED) is 0.616. The van der Waals surface area contributed by atoms with E-state index in [9.17, 15) is 4.79 Å². The van der Waals surface area contributed by atoms with Gasteiger partial charge in [0.1, 0.15) is 23.0 Å². The van der Waals surface area contributed by atoms with Crippen molar-refractivity contribution in [3.63, 3.8) is 0 Å². The third kappa shape index (κ3) is 5.49. The van der Waals surface area contributed by atoms with E-state index < -0.39 is 5.60 Å². The van der Waals surface area contributed by atoms with Crippen molar-refractivity contribution in [1.29, 1.82) is 0 Å². The Morgan fingerprint density at radius 1 is 1.16 bits per heavy atom. The number of carbonyl (C=O) groups is 1. The van der Waals surface area contributed by atoms with Crippen LogP contribution in [0.2, 0.25) is 5.02 Å². The summed E-state index contributed by atoms with van der Waals surface area (Å²) in [5.74, 6) is 0.692. The van der Waals surface area contributed by atoms with Crippen molar-refractivity contribution in [2.75, 3.05) is 39.3 Å². The topological polar surface area (TPSA) is 59.8 Å². The van der Waals surface area contributed by atoms with Gasteiger partial charge in [-0.2, -0.15) is 0 Å². The minimum Gasteiger partial charge on any atom is -0.491 e. The molecule has 2 aromatic rings. The van der Waals surface area contributed by atoms with E-state index in [0.717, 1.165) is 49.9 Å². The number of fused-ring (bicyclic) bond motifs is 1. The summed E-state index contributed by atoms with van der Waals surface area (Å²) < 4.78 is 13.8. The summed E-state index contributed by atoms with van der Waals surface area (Å²) >= 11 is 6.82. The number of hydrogen-bond acceptors (Lipinski definition) is 5. The molecule has 176 valence electrons. The zero-order valence-electron chi connectivity index (χ0n) is 19.5. The van der Waals surface area contributed by atoms with Crippen molar-refractivity contribution >= 4 is 28.7 Å². The van der Waals surface area contributed by atoms with Crippen LogP contribution in [0, 0.1) is 0 Å². The fourth-order valence-corrected chi connectivity index (χ4v) is 4.90. The third-order valence-corrected chi connectivity index (χ3v) is 6.56. The molecule has 2 saturated heterocycles. The second kappa shape index (κ2) is 9.87. The molecule has 0 aliphatic carbocycles. The Labute approximate surface area is 195 Å². The van der Waals surface area contributed by atoms with Crippen LogP contribution in [0.15, 0.2) is 18.5 Å². The van der Waals surface area contributed by atoms with E-state index in [-0.39, 0.29) is 12.1 Å². The lowest BCUT2D eigenvalue weighted by Crippen LogP contribution is -2.39. The van der Waals surface area contributed by atoms with E-state index in [1.165, 1.54) is 12.8 Å². The zero-order chi connectivity index (χ0) is 22.7. The van der Waals surface area contributed by atoms with E-state index in [2.05, 4.69) is 14.5 Å². The monoisotopic (exact) mass is 462 g/mol. The van der Waals surface area contributed by atoms with E-state index in [1.54, 1.807) is 0 Å². The predicted molar refractivity (Wildman–Crippen MR) is 127 cm³/mol. The highest BCUT2D eigenvalue weighted by molar-refractivity contribution is 6.36. The molecule has 1 atom stereocenters. The summed E-state index contributed by atoms with van der Waals surface area (Å²) in [4.78, 5) is 21.5. The van der Waals surface area contributed by atoms with Crippen molar-refractivity contribution in [3.8, 4) is 5.75 Å². The van der Waals surface area contributed by atoms with Crippen molar-refractivity contribution in [3.05, 3.63) is 23.5 Å². The molecule has 3 heterocycles. The molecule has 1 amide bonds. The molecule has 0 radical (unpaired) electrons. The van der Waals surface area contributed by atoms with Gasteiger partial charge in [0.05, 0.1) is 23.4 Å². The molecule has 32 heavy (non-hydrogen) atoms. The number of imidazole rings is 1. The third-order valence-electron chi connectivity index (χ3n) is 6.19. The van der Waals surface area contributed by atoms with Crippen molar-refractivity contribution in [1.82, 2.24) is 19.4 Å². The number of benzene rings is 1. The van der Waals surface area contributed by atoms with Crippen LogP contribution in [0.1, 0.15) is 58.9 Å². The summed E-state index contributed by atoms with van der Waals surface area (Å²) in [5.41, 5.74) is 1.21.